The van der Waals surface area contributed by atoms with E-state index in [1.807, 2.05) is 35.8 Å². The smallest absolute Gasteiger partial charge is 0.322 e. The number of hydrogen-bond donors (Lipinski definition) is 2. The van der Waals surface area contributed by atoms with Crippen LogP contribution in [-0.4, -0.2) is 28.1 Å². The van der Waals surface area contributed by atoms with E-state index in [0.29, 0.717) is 5.69 Å². The average Bonchev–Trinajstić information content (AvgIpc) is 2.76. The number of nitrogens with one attached hydrogen (secondary N) is 1. The molecule has 0 aliphatic rings. The van der Waals surface area contributed by atoms with Crippen LogP contribution >= 0.6 is 0 Å². The lowest BCUT2D eigenvalue weighted by atomic mass is 10.2. The van der Waals surface area contributed by atoms with Gasteiger partial charge in [-0.05, 0) is 18.6 Å². The van der Waals surface area contributed by atoms with Crippen molar-refractivity contribution in [1.82, 2.24) is 9.88 Å². The van der Waals surface area contributed by atoms with Crippen molar-refractivity contribution in [2.45, 2.75) is 19.9 Å². The Labute approximate surface area is 110 Å². The van der Waals surface area contributed by atoms with Crippen molar-refractivity contribution < 1.29 is 14.7 Å². The van der Waals surface area contributed by atoms with E-state index in [9.17, 15) is 9.59 Å². The highest BCUT2D eigenvalue weighted by Gasteiger charge is 2.15. The number of carboxylic acids is 1. The Morgan fingerprint density at radius 1 is 1.32 bits per heavy atom. The van der Waals surface area contributed by atoms with E-state index in [0.717, 1.165) is 23.9 Å². The Morgan fingerprint density at radius 3 is 2.74 bits per heavy atom. The van der Waals surface area contributed by atoms with E-state index >= 15 is 0 Å². The molecule has 100 valence electrons. The Balaban J connectivity index is 2.38. The summed E-state index contributed by atoms with van der Waals surface area (Å²) in [7, 11) is 0. The standard InChI is InChI=1S/C14H16N2O3/c1-2-7-16-11-6-4-3-5-10(11)8-12(16)14(19)15-9-13(17)18/h3-6,8H,2,7,9H2,1H3,(H,15,19)(H,17,18). The lowest BCUT2D eigenvalue weighted by molar-refractivity contribution is -0.135. The predicted molar refractivity (Wildman–Crippen MR) is 72.2 cm³/mol. The van der Waals surface area contributed by atoms with Crippen molar-refractivity contribution in [3.05, 3.63) is 36.0 Å². The fraction of sp³-hybridized carbons (Fsp3) is 0.286. The number of aromatic nitrogens is 1. The first-order chi connectivity index (χ1) is 9.13. The van der Waals surface area contributed by atoms with E-state index in [2.05, 4.69) is 5.32 Å². The minimum Gasteiger partial charge on any atom is -0.480 e. The maximum atomic E-state index is 12.0. The second-order valence-corrected chi connectivity index (χ2v) is 4.32. The lowest BCUT2D eigenvalue weighted by Gasteiger charge is -2.09. The van der Waals surface area contributed by atoms with Crippen LogP contribution < -0.4 is 5.32 Å². The minimum atomic E-state index is -1.05. The van der Waals surface area contributed by atoms with E-state index in [-0.39, 0.29) is 12.5 Å². The Bertz CT molecular complexity index is 616. The van der Waals surface area contributed by atoms with Crippen molar-refractivity contribution in [3.8, 4) is 0 Å². The van der Waals surface area contributed by atoms with Crippen molar-refractivity contribution in [2.24, 2.45) is 0 Å². The van der Waals surface area contributed by atoms with Crippen LogP contribution in [0.25, 0.3) is 10.9 Å². The number of amides is 1. The van der Waals surface area contributed by atoms with Gasteiger partial charge in [0, 0.05) is 17.4 Å². The van der Waals surface area contributed by atoms with Gasteiger partial charge in [-0.2, -0.15) is 0 Å². The molecule has 2 rings (SSSR count). The van der Waals surface area contributed by atoms with Crippen LogP contribution in [0.2, 0.25) is 0 Å². The van der Waals surface area contributed by atoms with Crippen molar-refractivity contribution in [2.75, 3.05) is 6.54 Å². The van der Waals surface area contributed by atoms with Crippen LogP contribution in [0.1, 0.15) is 23.8 Å². The van der Waals surface area contributed by atoms with E-state index in [4.69, 9.17) is 5.11 Å². The first-order valence-corrected chi connectivity index (χ1v) is 6.21. The normalized spacial score (nSPS) is 10.6. The van der Waals surface area contributed by atoms with Gasteiger partial charge in [0.1, 0.15) is 12.2 Å². The number of para-hydroxylation sites is 1. The van der Waals surface area contributed by atoms with Gasteiger partial charge in [-0.1, -0.05) is 25.1 Å². The van der Waals surface area contributed by atoms with Crippen LogP contribution in [0.5, 0.6) is 0 Å². The zero-order chi connectivity index (χ0) is 13.8. The van der Waals surface area contributed by atoms with Crippen LogP contribution in [0.4, 0.5) is 0 Å². The van der Waals surface area contributed by atoms with Gasteiger partial charge >= 0.3 is 5.97 Å². The van der Waals surface area contributed by atoms with Crippen LogP contribution in [0.3, 0.4) is 0 Å². The number of fused-ring (bicyclic) bond motifs is 1. The molecule has 1 amide bonds. The Morgan fingerprint density at radius 2 is 2.05 bits per heavy atom. The Kier molecular flexibility index (Phi) is 3.85. The number of hydrogen-bond acceptors (Lipinski definition) is 2. The first-order valence-electron chi connectivity index (χ1n) is 6.21. The number of aryl methyl sites for hydroxylation is 1. The second kappa shape index (κ2) is 5.56. The summed E-state index contributed by atoms with van der Waals surface area (Å²) in [5.74, 6) is -1.40. The number of nitrogens with zero attached hydrogens (tertiary/aromatic N) is 1. The molecule has 1 aromatic carbocycles. The number of aliphatic carboxylic acids is 1. The van der Waals surface area contributed by atoms with Gasteiger partial charge < -0.3 is 15.0 Å². The molecule has 0 atom stereocenters. The molecule has 5 nitrogen and oxygen atoms in total. The summed E-state index contributed by atoms with van der Waals surface area (Å²) < 4.78 is 1.92. The highest BCUT2D eigenvalue weighted by molar-refractivity contribution is 5.99. The molecular weight excluding hydrogens is 244 g/mol. The molecule has 0 spiro atoms. The minimum absolute atomic E-state index is 0.355. The maximum absolute atomic E-state index is 12.0. The number of carboxylic acid groups (broad SMARTS) is 1. The SMILES string of the molecule is CCCn1c(C(=O)NCC(=O)O)cc2ccccc21. The summed E-state index contributed by atoms with van der Waals surface area (Å²) in [6.07, 6.45) is 0.901. The number of carbonyl (C=O) groups is 2. The summed E-state index contributed by atoms with van der Waals surface area (Å²) in [5.41, 5.74) is 1.49. The van der Waals surface area contributed by atoms with Gasteiger partial charge in [0.2, 0.25) is 0 Å². The molecule has 0 fully saturated rings. The molecule has 1 aromatic heterocycles. The quantitative estimate of drug-likeness (QED) is 0.862. The zero-order valence-electron chi connectivity index (χ0n) is 10.7. The highest BCUT2D eigenvalue weighted by atomic mass is 16.4. The second-order valence-electron chi connectivity index (χ2n) is 4.32. The largest absolute Gasteiger partial charge is 0.480 e. The van der Waals surface area contributed by atoms with Crippen LogP contribution in [0, 0.1) is 0 Å². The molecule has 2 aromatic rings. The predicted octanol–water partition coefficient (Wildman–Crippen LogP) is 1.87. The molecule has 0 saturated heterocycles. The average molecular weight is 260 g/mol. The summed E-state index contributed by atoms with van der Waals surface area (Å²) in [6.45, 7) is 2.39. The van der Waals surface area contributed by atoms with Crippen molar-refractivity contribution in [3.63, 3.8) is 0 Å². The zero-order valence-corrected chi connectivity index (χ0v) is 10.7. The third-order valence-corrected chi connectivity index (χ3v) is 2.89. The van der Waals surface area contributed by atoms with Gasteiger partial charge in [-0.3, -0.25) is 9.59 Å². The van der Waals surface area contributed by atoms with Gasteiger partial charge in [0.25, 0.3) is 5.91 Å². The number of benzene rings is 1. The van der Waals surface area contributed by atoms with Gasteiger partial charge in [-0.25, -0.2) is 0 Å². The summed E-state index contributed by atoms with van der Waals surface area (Å²) >= 11 is 0. The molecule has 5 heteroatoms. The molecule has 0 bridgehead atoms. The van der Waals surface area contributed by atoms with Gasteiger partial charge in [-0.15, -0.1) is 0 Å². The molecule has 0 aliphatic carbocycles. The summed E-state index contributed by atoms with van der Waals surface area (Å²) in [6, 6.07) is 9.53. The van der Waals surface area contributed by atoms with Crippen LogP contribution in [-0.2, 0) is 11.3 Å². The summed E-state index contributed by atoms with van der Waals surface area (Å²) in [4.78, 5) is 22.5. The molecule has 0 saturated carbocycles. The third kappa shape index (κ3) is 2.76. The molecule has 0 radical (unpaired) electrons. The van der Waals surface area contributed by atoms with E-state index in [1.54, 1.807) is 6.07 Å². The van der Waals surface area contributed by atoms with E-state index < -0.39 is 5.97 Å². The molecule has 19 heavy (non-hydrogen) atoms. The highest BCUT2D eigenvalue weighted by Crippen LogP contribution is 2.20. The van der Waals surface area contributed by atoms with Crippen molar-refractivity contribution in [1.29, 1.82) is 0 Å². The third-order valence-electron chi connectivity index (χ3n) is 2.89. The monoisotopic (exact) mass is 260 g/mol. The van der Waals surface area contributed by atoms with Crippen molar-refractivity contribution >= 4 is 22.8 Å². The molecule has 1 heterocycles. The fourth-order valence-corrected chi connectivity index (χ4v) is 2.11. The fourth-order valence-electron chi connectivity index (χ4n) is 2.11. The van der Waals surface area contributed by atoms with Crippen LogP contribution in [0.15, 0.2) is 30.3 Å². The molecule has 2 N–H and O–H groups in total. The molecular formula is C14H16N2O3. The van der Waals surface area contributed by atoms with Gasteiger partial charge in [0.15, 0.2) is 0 Å². The number of carbonyl (C=O) groups excluding carboxylic acids is 1. The topological polar surface area (TPSA) is 71.3 Å². The molecule has 0 aliphatic heterocycles. The number of rotatable bonds is 5. The maximum Gasteiger partial charge on any atom is 0.322 e. The van der Waals surface area contributed by atoms with Gasteiger partial charge in [0.05, 0.1) is 0 Å². The summed E-state index contributed by atoms with van der Waals surface area (Å²) in [5, 5.41) is 12.0. The Hall–Kier alpha value is -2.30. The lowest BCUT2D eigenvalue weighted by Crippen LogP contribution is -2.30. The molecule has 0 unspecified atom stereocenters. The first kappa shape index (κ1) is 13.1. The van der Waals surface area contributed by atoms with E-state index in [1.165, 1.54) is 0 Å².